The summed E-state index contributed by atoms with van der Waals surface area (Å²) in [5.41, 5.74) is 0.492. The number of amides is 1. The van der Waals surface area contributed by atoms with Crippen molar-refractivity contribution in [3.63, 3.8) is 0 Å². The molecule has 1 aliphatic heterocycles. The highest BCUT2D eigenvalue weighted by Crippen LogP contribution is 2.33. The Hall–Kier alpha value is -2.87. The average Bonchev–Trinajstić information content (AvgIpc) is 3.53. The molecule has 168 valence electrons. The van der Waals surface area contributed by atoms with Crippen molar-refractivity contribution in [2.24, 2.45) is 0 Å². The monoisotopic (exact) mass is 494 g/mol. The van der Waals surface area contributed by atoms with Crippen molar-refractivity contribution in [1.82, 2.24) is 9.29 Å². The number of aromatic nitrogens is 1. The van der Waals surface area contributed by atoms with Crippen molar-refractivity contribution in [3.05, 3.63) is 51.2 Å². The molecule has 3 heterocycles. The van der Waals surface area contributed by atoms with Gasteiger partial charge in [-0.3, -0.25) is 14.9 Å². The Morgan fingerprint density at radius 1 is 1.28 bits per heavy atom. The molecule has 3 aromatic rings. The first kappa shape index (κ1) is 22.3. The molecule has 0 saturated carbocycles. The van der Waals surface area contributed by atoms with Crippen LogP contribution >= 0.6 is 22.7 Å². The lowest BCUT2D eigenvalue weighted by Crippen LogP contribution is -2.43. The number of nitro groups is 1. The van der Waals surface area contributed by atoms with Gasteiger partial charge in [-0.25, -0.2) is 13.4 Å². The van der Waals surface area contributed by atoms with Crippen LogP contribution < -0.4 is 10.1 Å². The number of methoxy groups -OCH3 is 1. The second-order valence-electron chi connectivity index (χ2n) is 6.90. The molecule has 2 aromatic heterocycles. The lowest BCUT2D eigenvalue weighted by Gasteiger charge is -2.23. The van der Waals surface area contributed by atoms with Crippen LogP contribution in [0.4, 0.5) is 10.8 Å². The molecule has 1 saturated heterocycles. The number of nitrogens with zero attached hydrogens (tertiary/aromatic N) is 3. The van der Waals surface area contributed by atoms with E-state index in [4.69, 9.17) is 4.74 Å². The van der Waals surface area contributed by atoms with Crippen LogP contribution in [0.25, 0.3) is 10.6 Å². The van der Waals surface area contributed by atoms with E-state index in [9.17, 15) is 23.3 Å². The number of ether oxygens (including phenoxy) is 1. The lowest BCUT2D eigenvalue weighted by molar-refractivity contribution is -0.384. The normalized spacial score (nSPS) is 16.7. The zero-order valence-electron chi connectivity index (χ0n) is 16.8. The fourth-order valence-corrected chi connectivity index (χ4v) is 6.62. The third-order valence-corrected chi connectivity index (χ3v) is 8.58. The maximum Gasteiger partial charge on any atom is 0.280 e. The number of thiazole rings is 1. The standard InChI is InChI=1S/C19H18N4O6S3/c1-29-13-4-6-14(7-5-13)32(27,28)22-8-2-3-16(22)18(24)21-19-20-15(11-31-19)17-9-12(10-30-17)23(25)26/h4-7,9-11,16H,2-3,8H2,1H3,(H,20,21,24). The Bertz CT molecular complexity index is 1250. The summed E-state index contributed by atoms with van der Waals surface area (Å²) < 4.78 is 32.5. The van der Waals surface area contributed by atoms with Gasteiger partial charge in [0, 0.05) is 18.0 Å². The van der Waals surface area contributed by atoms with Crippen molar-refractivity contribution in [2.45, 2.75) is 23.8 Å². The number of benzene rings is 1. The molecule has 1 fully saturated rings. The van der Waals surface area contributed by atoms with E-state index in [1.165, 1.54) is 57.7 Å². The summed E-state index contributed by atoms with van der Waals surface area (Å²) in [7, 11) is -2.36. The Labute approximate surface area is 191 Å². The topological polar surface area (TPSA) is 132 Å². The van der Waals surface area contributed by atoms with Crippen molar-refractivity contribution in [2.75, 3.05) is 19.0 Å². The third-order valence-electron chi connectivity index (χ3n) is 4.96. The number of nitrogens with one attached hydrogen (secondary N) is 1. The zero-order chi connectivity index (χ0) is 22.9. The first-order chi connectivity index (χ1) is 15.3. The summed E-state index contributed by atoms with van der Waals surface area (Å²) in [6.07, 6.45) is 0.964. The predicted molar refractivity (Wildman–Crippen MR) is 121 cm³/mol. The first-order valence-electron chi connectivity index (χ1n) is 9.45. The Balaban J connectivity index is 1.49. The van der Waals surface area contributed by atoms with Crippen LogP contribution in [-0.2, 0) is 14.8 Å². The summed E-state index contributed by atoms with van der Waals surface area (Å²) in [6, 6.07) is 6.60. The third kappa shape index (κ3) is 4.37. The van der Waals surface area contributed by atoms with Gasteiger partial charge in [-0.2, -0.15) is 4.31 Å². The van der Waals surface area contributed by atoms with Gasteiger partial charge in [0.15, 0.2) is 5.13 Å². The van der Waals surface area contributed by atoms with E-state index >= 15 is 0 Å². The minimum absolute atomic E-state index is 0.0195. The van der Waals surface area contributed by atoms with Crippen LogP contribution in [0, 0.1) is 10.1 Å². The first-order valence-corrected chi connectivity index (χ1v) is 12.6. The molecular weight excluding hydrogens is 476 g/mol. The SMILES string of the molecule is COc1ccc(S(=O)(=O)N2CCCC2C(=O)Nc2nc(-c3cc([N+](=O)[O-])cs3)cs2)cc1. The maximum atomic E-state index is 13.1. The van der Waals surface area contributed by atoms with Crippen molar-refractivity contribution in [3.8, 4) is 16.3 Å². The number of anilines is 1. The molecular formula is C19H18N4O6S3. The van der Waals surface area contributed by atoms with E-state index < -0.39 is 26.9 Å². The summed E-state index contributed by atoms with van der Waals surface area (Å²) in [4.78, 5) is 28.3. The number of carbonyl (C=O) groups is 1. The fraction of sp³-hybridized carbons (Fsp3) is 0.263. The molecule has 1 aliphatic rings. The number of hydrogen-bond acceptors (Lipinski definition) is 9. The minimum Gasteiger partial charge on any atom is -0.497 e. The minimum atomic E-state index is -3.86. The van der Waals surface area contributed by atoms with Gasteiger partial charge in [0.2, 0.25) is 15.9 Å². The molecule has 0 aliphatic carbocycles. The van der Waals surface area contributed by atoms with Gasteiger partial charge in [0.25, 0.3) is 5.69 Å². The van der Waals surface area contributed by atoms with E-state index in [0.717, 1.165) is 0 Å². The molecule has 0 spiro atoms. The highest BCUT2D eigenvalue weighted by Gasteiger charge is 2.39. The van der Waals surface area contributed by atoms with Crippen LogP contribution in [0.2, 0.25) is 0 Å². The Morgan fingerprint density at radius 3 is 2.69 bits per heavy atom. The van der Waals surface area contributed by atoms with Gasteiger partial charge >= 0.3 is 0 Å². The largest absolute Gasteiger partial charge is 0.497 e. The second-order valence-corrected chi connectivity index (χ2v) is 10.6. The fourth-order valence-electron chi connectivity index (χ4n) is 3.36. The maximum absolute atomic E-state index is 13.1. The van der Waals surface area contributed by atoms with E-state index in [1.807, 2.05) is 0 Å². The number of sulfonamides is 1. The average molecular weight is 495 g/mol. The highest BCUT2D eigenvalue weighted by atomic mass is 32.2. The molecule has 10 nitrogen and oxygen atoms in total. The molecule has 1 atom stereocenters. The van der Waals surface area contributed by atoms with Gasteiger partial charge in [-0.05, 0) is 37.1 Å². The smallest absolute Gasteiger partial charge is 0.280 e. The van der Waals surface area contributed by atoms with E-state index in [0.29, 0.717) is 34.3 Å². The highest BCUT2D eigenvalue weighted by molar-refractivity contribution is 7.89. The van der Waals surface area contributed by atoms with Crippen molar-refractivity contribution >= 4 is 49.4 Å². The quantitative estimate of drug-likeness (QED) is 0.392. The summed E-state index contributed by atoms with van der Waals surface area (Å²) in [5, 5.41) is 17.0. The lowest BCUT2D eigenvalue weighted by atomic mass is 10.2. The van der Waals surface area contributed by atoms with Crippen LogP contribution in [0.5, 0.6) is 5.75 Å². The molecule has 0 bridgehead atoms. The number of thiophene rings is 1. The van der Waals surface area contributed by atoms with Crippen LogP contribution in [0.1, 0.15) is 12.8 Å². The number of carbonyl (C=O) groups excluding carboxylic acids is 1. The molecule has 1 amide bonds. The van der Waals surface area contributed by atoms with Crippen LogP contribution in [0.15, 0.2) is 46.0 Å². The summed E-state index contributed by atoms with van der Waals surface area (Å²) in [5.74, 6) is 0.0768. The van der Waals surface area contributed by atoms with E-state index in [1.54, 1.807) is 17.5 Å². The van der Waals surface area contributed by atoms with Crippen molar-refractivity contribution in [1.29, 1.82) is 0 Å². The van der Waals surface area contributed by atoms with Gasteiger partial charge in [-0.1, -0.05) is 0 Å². The molecule has 4 rings (SSSR count). The van der Waals surface area contributed by atoms with E-state index in [2.05, 4.69) is 10.3 Å². The van der Waals surface area contributed by atoms with E-state index in [-0.39, 0.29) is 17.1 Å². The van der Waals surface area contributed by atoms with Gasteiger partial charge in [-0.15, -0.1) is 22.7 Å². The Morgan fingerprint density at radius 2 is 2.03 bits per heavy atom. The summed E-state index contributed by atoms with van der Waals surface area (Å²) in [6.45, 7) is 0.244. The molecule has 13 heteroatoms. The molecule has 1 unspecified atom stereocenters. The zero-order valence-corrected chi connectivity index (χ0v) is 19.2. The molecule has 0 radical (unpaired) electrons. The van der Waals surface area contributed by atoms with Gasteiger partial charge in [0.1, 0.15) is 11.8 Å². The molecule has 1 N–H and O–H groups in total. The molecule has 32 heavy (non-hydrogen) atoms. The number of hydrogen-bond donors (Lipinski definition) is 1. The molecule has 1 aromatic carbocycles. The van der Waals surface area contributed by atoms with Crippen molar-refractivity contribution < 1.29 is 22.9 Å². The van der Waals surface area contributed by atoms with Gasteiger partial charge in [0.05, 0.1) is 32.9 Å². The second kappa shape index (κ2) is 8.94. The Kier molecular flexibility index (Phi) is 6.24. The van der Waals surface area contributed by atoms with Crippen LogP contribution in [-0.4, -0.2) is 48.2 Å². The predicted octanol–water partition coefficient (Wildman–Crippen LogP) is 3.58. The summed E-state index contributed by atoms with van der Waals surface area (Å²) >= 11 is 2.36. The number of rotatable bonds is 7. The van der Waals surface area contributed by atoms with Crippen LogP contribution in [0.3, 0.4) is 0 Å². The van der Waals surface area contributed by atoms with Gasteiger partial charge < -0.3 is 10.1 Å².